The number of thiophene rings is 1. The third-order valence-electron chi connectivity index (χ3n) is 3.22. The second kappa shape index (κ2) is 4.58. The highest BCUT2D eigenvalue weighted by Crippen LogP contribution is 2.25. The summed E-state index contributed by atoms with van der Waals surface area (Å²) in [6, 6.07) is 16.5. The van der Waals surface area contributed by atoms with Crippen molar-refractivity contribution in [3.8, 4) is 16.3 Å². The van der Waals surface area contributed by atoms with Crippen molar-refractivity contribution in [2.75, 3.05) is 0 Å². The zero-order valence-corrected chi connectivity index (χ0v) is 11.4. The van der Waals surface area contributed by atoms with Gasteiger partial charge in [-0.2, -0.15) is 5.10 Å². The maximum absolute atomic E-state index is 4.76. The number of hydrogen-bond acceptors (Lipinski definition) is 3. The number of benzene rings is 1. The fourth-order valence-corrected chi connectivity index (χ4v) is 2.93. The van der Waals surface area contributed by atoms with Gasteiger partial charge in [0.15, 0.2) is 0 Å². The van der Waals surface area contributed by atoms with E-state index in [-0.39, 0.29) is 0 Å². The highest BCUT2D eigenvalue weighted by atomic mass is 32.1. The minimum absolute atomic E-state index is 0.990. The molecule has 0 bridgehead atoms. The Labute approximate surface area is 120 Å². The molecule has 20 heavy (non-hydrogen) atoms. The van der Waals surface area contributed by atoms with Crippen LogP contribution < -0.4 is 0 Å². The third-order valence-corrected chi connectivity index (χ3v) is 4.11. The molecule has 0 radical (unpaired) electrons. The normalized spacial score (nSPS) is 11.0. The molecule has 3 aromatic heterocycles. The number of pyridine rings is 1. The van der Waals surface area contributed by atoms with E-state index in [1.165, 1.54) is 4.88 Å². The van der Waals surface area contributed by atoms with Crippen molar-refractivity contribution in [1.82, 2.24) is 14.8 Å². The first-order valence-electron chi connectivity index (χ1n) is 6.35. The average Bonchev–Trinajstić information content (AvgIpc) is 3.19. The van der Waals surface area contributed by atoms with E-state index in [1.54, 1.807) is 17.5 Å². The topological polar surface area (TPSA) is 30.7 Å². The summed E-state index contributed by atoms with van der Waals surface area (Å²) in [6.45, 7) is 0. The van der Waals surface area contributed by atoms with Crippen molar-refractivity contribution < 1.29 is 0 Å². The van der Waals surface area contributed by atoms with E-state index in [0.29, 0.717) is 0 Å². The van der Waals surface area contributed by atoms with Gasteiger partial charge in [0.05, 0.1) is 21.8 Å². The van der Waals surface area contributed by atoms with Crippen LogP contribution in [0.3, 0.4) is 0 Å². The van der Waals surface area contributed by atoms with E-state index < -0.39 is 0 Å². The Hall–Kier alpha value is -2.46. The minimum atomic E-state index is 0.990. The smallest absolute Gasteiger partial charge is 0.0809 e. The Bertz CT molecular complexity index is 780. The predicted molar refractivity (Wildman–Crippen MR) is 82.2 cm³/mol. The summed E-state index contributed by atoms with van der Waals surface area (Å²) in [5, 5.41) is 7.47. The molecule has 0 amide bonds. The molecule has 0 saturated carbocycles. The minimum Gasteiger partial charge on any atom is -0.247 e. The van der Waals surface area contributed by atoms with Gasteiger partial charge in [0.25, 0.3) is 0 Å². The maximum Gasteiger partial charge on any atom is 0.0809 e. The van der Waals surface area contributed by atoms with E-state index >= 15 is 0 Å². The summed E-state index contributed by atoms with van der Waals surface area (Å²) in [5.41, 5.74) is 3.03. The molecule has 0 atom stereocenters. The van der Waals surface area contributed by atoms with Crippen LogP contribution in [-0.4, -0.2) is 14.8 Å². The summed E-state index contributed by atoms with van der Waals surface area (Å²) in [5.74, 6) is 0. The lowest BCUT2D eigenvalue weighted by Crippen LogP contribution is -1.94. The number of fused-ring (bicyclic) bond motifs is 1. The Balaban J connectivity index is 1.88. The van der Waals surface area contributed by atoms with Gasteiger partial charge in [0, 0.05) is 17.8 Å². The molecule has 4 aromatic rings. The molecule has 0 fully saturated rings. The monoisotopic (exact) mass is 277 g/mol. The van der Waals surface area contributed by atoms with Crippen molar-refractivity contribution in [3.63, 3.8) is 0 Å². The summed E-state index contributed by atoms with van der Waals surface area (Å²) in [6.07, 6.45) is 3.71. The van der Waals surface area contributed by atoms with Gasteiger partial charge in [0.1, 0.15) is 0 Å². The highest BCUT2D eigenvalue weighted by Gasteiger charge is 2.04. The molecule has 4 rings (SSSR count). The van der Waals surface area contributed by atoms with Crippen molar-refractivity contribution in [1.29, 1.82) is 0 Å². The number of nitrogens with zero attached hydrogens (tertiary/aromatic N) is 3. The maximum atomic E-state index is 4.76. The lowest BCUT2D eigenvalue weighted by molar-refractivity contribution is 0.882. The molecule has 3 heterocycles. The van der Waals surface area contributed by atoms with E-state index in [0.717, 1.165) is 22.3 Å². The van der Waals surface area contributed by atoms with Gasteiger partial charge in [-0.1, -0.05) is 18.2 Å². The van der Waals surface area contributed by atoms with E-state index in [2.05, 4.69) is 46.9 Å². The van der Waals surface area contributed by atoms with Crippen LogP contribution in [-0.2, 0) is 0 Å². The molecular formula is C16H11N3S. The largest absolute Gasteiger partial charge is 0.247 e. The van der Waals surface area contributed by atoms with Crippen LogP contribution in [0.2, 0.25) is 0 Å². The molecule has 0 aliphatic rings. The molecule has 96 valence electrons. The van der Waals surface area contributed by atoms with Gasteiger partial charge in [-0.3, -0.25) is 0 Å². The Morgan fingerprint density at radius 3 is 2.75 bits per heavy atom. The van der Waals surface area contributed by atoms with Crippen molar-refractivity contribution in [2.24, 2.45) is 0 Å². The van der Waals surface area contributed by atoms with Crippen LogP contribution >= 0.6 is 11.3 Å². The summed E-state index contributed by atoms with van der Waals surface area (Å²) in [7, 11) is 0. The molecule has 0 unspecified atom stereocenters. The van der Waals surface area contributed by atoms with Gasteiger partial charge in [-0.05, 0) is 35.7 Å². The van der Waals surface area contributed by atoms with Gasteiger partial charge in [-0.25, -0.2) is 9.67 Å². The number of aromatic nitrogens is 3. The van der Waals surface area contributed by atoms with Gasteiger partial charge < -0.3 is 0 Å². The molecule has 3 nitrogen and oxygen atoms in total. The van der Waals surface area contributed by atoms with Crippen LogP contribution in [0.25, 0.3) is 27.2 Å². The molecule has 0 aliphatic heterocycles. The Morgan fingerprint density at radius 2 is 1.95 bits per heavy atom. The molecule has 4 heteroatoms. The van der Waals surface area contributed by atoms with Crippen molar-refractivity contribution in [2.45, 2.75) is 0 Å². The van der Waals surface area contributed by atoms with Crippen LogP contribution in [0.5, 0.6) is 0 Å². The first kappa shape index (κ1) is 11.4. The molecule has 0 N–H and O–H groups in total. The number of rotatable bonds is 2. The fraction of sp³-hybridized carbons (Fsp3) is 0. The van der Waals surface area contributed by atoms with Gasteiger partial charge in [0.2, 0.25) is 0 Å². The lowest BCUT2D eigenvalue weighted by Gasteiger charge is -2.05. The first-order chi connectivity index (χ1) is 9.90. The van der Waals surface area contributed by atoms with Crippen molar-refractivity contribution >= 4 is 22.2 Å². The SMILES string of the molecule is c1csc(-c2ccc3ccc(-n4cccn4)cc3n2)c1. The lowest BCUT2D eigenvalue weighted by atomic mass is 10.1. The molecule has 0 aliphatic carbocycles. The fourth-order valence-electron chi connectivity index (χ4n) is 2.23. The summed E-state index contributed by atoms with van der Waals surface area (Å²) < 4.78 is 1.85. The van der Waals surface area contributed by atoms with E-state index in [4.69, 9.17) is 4.98 Å². The zero-order chi connectivity index (χ0) is 13.4. The first-order valence-corrected chi connectivity index (χ1v) is 7.23. The molecule has 1 aromatic carbocycles. The summed E-state index contributed by atoms with van der Waals surface area (Å²) >= 11 is 1.71. The zero-order valence-electron chi connectivity index (χ0n) is 10.6. The van der Waals surface area contributed by atoms with Crippen LogP contribution in [0.4, 0.5) is 0 Å². The molecule has 0 spiro atoms. The Morgan fingerprint density at radius 1 is 1.00 bits per heavy atom. The van der Waals surface area contributed by atoms with E-state index in [1.807, 2.05) is 23.0 Å². The van der Waals surface area contributed by atoms with E-state index in [9.17, 15) is 0 Å². The quantitative estimate of drug-likeness (QED) is 0.551. The predicted octanol–water partition coefficient (Wildman–Crippen LogP) is 4.15. The van der Waals surface area contributed by atoms with Gasteiger partial charge >= 0.3 is 0 Å². The van der Waals surface area contributed by atoms with Crippen LogP contribution in [0.1, 0.15) is 0 Å². The standard InChI is InChI=1S/C16H11N3S/c1-3-16(20-10-1)14-7-5-12-4-6-13(11-15(12)18-14)19-9-2-8-17-19/h1-11H. The second-order valence-electron chi connectivity index (χ2n) is 4.50. The van der Waals surface area contributed by atoms with Crippen molar-refractivity contribution in [3.05, 3.63) is 66.3 Å². The number of hydrogen-bond donors (Lipinski definition) is 0. The second-order valence-corrected chi connectivity index (χ2v) is 5.45. The average molecular weight is 277 g/mol. The Kier molecular flexibility index (Phi) is 2.60. The summed E-state index contributed by atoms with van der Waals surface area (Å²) in [4.78, 5) is 5.95. The highest BCUT2D eigenvalue weighted by molar-refractivity contribution is 7.13. The molecular weight excluding hydrogens is 266 g/mol. The molecule has 0 saturated heterocycles. The third kappa shape index (κ3) is 1.90. The van der Waals surface area contributed by atoms with Gasteiger partial charge in [-0.15, -0.1) is 11.3 Å². The van der Waals surface area contributed by atoms with Crippen LogP contribution in [0, 0.1) is 0 Å². The van der Waals surface area contributed by atoms with Crippen LogP contribution in [0.15, 0.2) is 66.3 Å².